The Balaban J connectivity index is 0.880. The second-order valence-electron chi connectivity index (χ2n) is 15.1. The summed E-state index contributed by atoms with van der Waals surface area (Å²) in [7, 11) is 0. The van der Waals surface area contributed by atoms with E-state index in [2.05, 4.69) is 57.3 Å². The molecule has 7 aromatic rings. The Morgan fingerprint density at radius 3 is 2.20 bits per heavy atom. The fourth-order valence-electron chi connectivity index (χ4n) is 7.84. The Morgan fingerprint density at radius 2 is 1.46 bits per heavy atom. The van der Waals surface area contributed by atoms with E-state index < -0.39 is 0 Å². The van der Waals surface area contributed by atoms with Crippen molar-refractivity contribution in [1.82, 2.24) is 71.0 Å². The topological polar surface area (TPSA) is 253 Å². The number of carbonyl (C=O) groups is 2. The summed E-state index contributed by atoms with van der Waals surface area (Å²) in [6.45, 7) is 5.92. The molecule has 21 heteroatoms. The highest BCUT2D eigenvalue weighted by atomic mass is 16.5. The van der Waals surface area contributed by atoms with E-state index in [4.69, 9.17) is 28.8 Å². The van der Waals surface area contributed by atoms with E-state index in [1.54, 1.807) is 22.5 Å². The second kappa shape index (κ2) is 17.1. The van der Waals surface area contributed by atoms with Gasteiger partial charge in [-0.05, 0) is 94.0 Å². The fraction of sp³-hybridized carbons (Fsp3) is 0.400. The van der Waals surface area contributed by atoms with Gasteiger partial charge in [-0.1, -0.05) is 10.4 Å². The van der Waals surface area contributed by atoms with Gasteiger partial charge in [0.05, 0.1) is 36.5 Å². The number of hydrazine groups is 1. The predicted octanol–water partition coefficient (Wildman–Crippen LogP) is 3.94. The van der Waals surface area contributed by atoms with Crippen molar-refractivity contribution >= 4 is 46.0 Å². The van der Waals surface area contributed by atoms with Crippen LogP contribution in [0.2, 0.25) is 0 Å². The first kappa shape index (κ1) is 39.2. The molecule has 5 aromatic heterocycles. The number of nitrogens with zero attached hydrogens (tertiary/aromatic N) is 12. The van der Waals surface area contributed by atoms with Crippen LogP contribution >= 0.6 is 0 Å². The van der Waals surface area contributed by atoms with E-state index in [0.717, 1.165) is 42.8 Å². The molecule has 0 saturated heterocycles. The van der Waals surface area contributed by atoms with Crippen LogP contribution in [0.25, 0.3) is 33.7 Å². The first-order chi connectivity index (χ1) is 29.8. The van der Waals surface area contributed by atoms with Crippen LogP contribution < -0.4 is 31.0 Å². The molecular weight excluding hydrogens is 785 g/mol. The molecule has 0 aliphatic heterocycles. The number of hydrogen-bond donors (Lipinski definition) is 4. The third-order valence-corrected chi connectivity index (χ3v) is 10.8. The van der Waals surface area contributed by atoms with Crippen LogP contribution in [-0.4, -0.2) is 97.2 Å². The van der Waals surface area contributed by atoms with Crippen LogP contribution in [-0.2, 0) is 16.0 Å². The van der Waals surface area contributed by atoms with Gasteiger partial charge in [-0.2, -0.15) is 19.3 Å². The van der Waals surface area contributed by atoms with Gasteiger partial charge in [-0.15, -0.1) is 20.4 Å². The normalized spacial score (nSPS) is 18.7. The molecule has 0 bridgehead atoms. The number of ether oxygens (including phenoxy) is 2. The van der Waals surface area contributed by atoms with Gasteiger partial charge in [-0.3, -0.25) is 20.4 Å². The van der Waals surface area contributed by atoms with Gasteiger partial charge in [0.25, 0.3) is 0 Å². The largest absolute Gasteiger partial charge is 0.494 e. The van der Waals surface area contributed by atoms with Crippen LogP contribution in [0.1, 0.15) is 75.8 Å². The summed E-state index contributed by atoms with van der Waals surface area (Å²) in [5.74, 6) is 2.91. The molecule has 0 radical (unpaired) electrons. The van der Waals surface area contributed by atoms with E-state index in [9.17, 15) is 9.59 Å². The molecule has 21 nitrogen and oxygen atoms in total. The fourth-order valence-corrected chi connectivity index (χ4v) is 7.84. The Bertz CT molecular complexity index is 2660. The van der Waals surface area contributed by atoms with Crippen molar-refractivity contribution in [2.75, 3.05) is 23.8 Å². The number of amides is 2. The Labute approximate surface area is 348 Å². The third-order valence-electron chi connectivity index (χ3n) is 10.8. The van der Waals surface area contributed by atoms with Gasteiger partial charge < -0.3 is 24.5 Å². The number of carbonyl (C=O) groups excluding carboxylic acids is 2. The number of nitrogens with one attached hydrogen (secondary N) is 4. The van der Waals surface area contributed by atoms with Crippen molar-refractivity contribution < 1.29 is 23.5 Å². The zero-order valence-corrected chi connectivity index (χ0v) is 33.8. The van der Waals surface area contributed by atoms with Gasteiger partial charge in [-0.25, -0.2) is 9.97 Å². The lowest BCUT2D eigenvalue weighted by atomic mass is 10.1. The molecule has 2 aliphatic rings. The summed E-state index contributed by atoms with van der Waals surface area (Å²) in [5.41, 5.74) is 9.23. The van der Waals surface area contributed by atoms with E-state index in [1.807, 2.05) is 55.5 Å². The molecule has 2 amide bonds. The average Bonchev–Trinajstić information content (AvgIpc) is 4.12. The van der Waals surface area contributed by atoms with Crippen LogP contribution in [0.5, 0.6) is 11.5 Å². The molecule has 2 aliphatic carbocycles. The number of aromatic nitrogens is 12. The number of benzene rings is 2. The number of hydrogen-bond acceptors (Lipinski definition) is 17. The molecule has 2 aromatic carbocycles. The quantitative estimate of drug-likeness (QED) is 0.113. The molecule has 4 atom stereocenters. The van der Waals surface area contributed by atoms with Gasteiger partial charge in [0, 0.05) is 44.2 Å². The summed E-state index contributed by atoms with van der Waals surface area (Å²) in [6, 6.07) is 15.2. The lowest BCUT2D eigenvalue weighted by molar-refractivity contribution is -0.130. The number of rotatable bonds is 14. The van der Waals surface area contributed by atoms with Crippen molar-refractivity contribution in [2.24, 2.45) is 5.92 Å². The van der Waals surface area contributed by atoms with E-state index in [1.165, 1.54) is 6.92 Å². The van der Waals surface area contributed by atoms with Gasteiger partial charge in [0.2, 0.25) is 35.5 Å². The lowest BCUT2D eigenvalue weighted by Crippen LogP contribution is -2.43. The van der Waals surface area contributed by atoms with Crippen molar-refractivity contribution in [3.8, 4) is 22.9 Å². The average molecular weight is 829 g/mol. The first-order valence-electron chi connectivity index (χ1n) is 20.3. The van der Waals surface area contributed by atoms with Crippen LogP contribution in [0.3, 0.4) is 0 Å². The minimum Gasteiger partial charge on any atom is -0.494 e. The van der Waals surface area contributed by atoms with Crippen molar-refractivity contribution in [3.05, 3.63) is 72.2 Å². The van der Waals surface area contributed by atoms with Crippen molar-refractivity contribution in [3.63, 3.8) is 0 Å². The molecule has 5 heterocycles. The van der Waals surface area contributed by atoms with E-state index in [0.29, 0.717) is 83.3 Å². The maximum absolute atomic E-state index is 12.6. The summed E-state index contributed by atoms with van der Waals surface area (Å²) in [5, 5.41) is 32.6. The van der Waals surface area contributed by atoms with E-state index >= 15 is 0 Å². The monoisotopic (exact) mass is 828 g/mol. The van der Waals surface area contributed by atoms with Crippen LogP contribution in [0, 0.1) is 12.8 Å². The molecule has 2 saturated carbocycles. The lowest BCUT2D eigenvalue weighted by Gasteiger charge is -2.15. The number of anilines is 2. The predicted molar refractivity (Wildman–Crippen MR) is 219 cm³/mol. The molecule has 2 fully saturated rings. The Kier molecular flexibility index (Phi) is 11.0. The number of aryl methyl sites for hydroxylation is 1. The second-order valence-corrected chi connectivity index (χ2v) is 15.1. The molecule has 0 spiro atoms. The Hall–Kier alpha value is -7.32. The zero-order valence-electron chi connectivity index (χ0n) is 33.8. The molecule has 9 rings (SSSR count). The minimum atomic E-state index is -0.334. The SMILES string of the molecule is CCOc1ccc(-n2nnc3c(CCOc4ccc(-n5nnc6cnc(NC7CCC(c8nnc(C)o8)C7)nc65)cc4)nc(NC4CCC(C(=O)NNC(C)=O)C4)nc32)cc1. The smallest absolute Gasteiger partial charge is 0.241 e. The molecule has 4 N–H and O–H groups in total. The molecular formula is C40H44N16O5. The van der Waals surface area contributed by atoms with Crippen LogP contribution in [0.15, 0.2) is 59.1 Å². The molecule has 314 valence electrons. The maximum atomic E-state index is 12.6. The Morgan fingerprint density at radius 1 is 0.770 bits per heavy atom. The summed E-state index contributed by atoms with van der Waals surface area (Å²) in [4.78, 5) is 42.9. The van der Waals surface area contributed by atoms with Gasteiger partial charge >= 0.3 is 0 Å². The highest BCUT2D eigenvalue weighted by Crippen LogP contribution is 2.35. The standard InChI is InChI=1S/C40H44N16O5/c1-4-59-30-13-9-29(10-14-30)56-36-34(50-54-56)32(44-40(46-36)43-26-7-5-24(19-26)37(58)51-47-22(2)57)17-18-60-31-15-11-28(12-16-31)55-35-33(49-53-55)21-41-39(45-35)42-27-8-6-25(20-27)38-52-48-23(3)61-38/h9-16,21,24-27H,4-8,17-20H2,1-3H3,(H,47,57)(H,51,58)(H,41,42,45)(H,43,44,46). The number of fused-ring (bicyclic) bond motifs is 2. The first-order valence-corrected chi connectivity index (χ1v) is 20.3. The summed E-state index contributed by atoms with van der Waals surface area (Å²) >= 11 is 0. The van der Waals surface area contributed by atoms with Crippen molar-refractivity contribution in [2.45, 2.75) is 83.7 Å². The molecule has 61 heavy (non-hydrogen) atoms. The van der Waals surface area contributed by atoms with Crippen molar-refractivity contribution in [1.29, 1.82) is 0 Å². The van der Waals surface area contributed by atoms with Gasteiger partial charge in [0.15, 0.2) is 22.3 Å². The van der Waals surface area contributed by atoms with E-state index in [-0.39, 0.29) is 42.3 Å². The highest BCUT2D eigenvalue weighted by molar-refractivity contribution is 5.82. The highest BCUT2D eigenvalue weighted by Gasteiger charge is 2.32. The maximum Gasteiger partial charge on any atom is 0.241 e. The summed E-state index contributed by atoms with van der Waals surface area (Å²) < 4.78 is 20.8. The zero-order chi connectivity index (χ0) is 41.9. The minimum absolute atomic E-state index is 0.0626. The molecule has 4 unspecified atom stereocenters. The third kappa shape index (κ3) is 8.70. The van der Waals surface area contributed by atoms with Gasteiger partial charge in [0.1, 0.15) is 11.5 Å². The van der Waals surface area contributed by atoms with Crippen LogP contribution in [0.4, 0.5) is 11.9 Å². The summed E-state index contributed by atoms with van der Waals surface area (Å²) in [6.07, 6.45) is 6.72.